The van der Waals surface area contributed by atoms with E-state index < -0.39 is 0 Å². The summed E-state index contributed by atoms with van der Waals surface area (Å²) in [7, 11) is 0. The number of benzene rings is 12. The predicted octanol–water partition coefficient (Wildman–Crippen LogP) is 26.9. The van der Waals surface area contributed by atoms with Gasteiger partial charge >= 0.3 is 0 Å². The molecule has 8 aliphatic carbocycles. The third-order valence-electron chi connectivity index (χ3n) is 31.8. The van der Waals surface area contributed by atoms with Crippen LogP contribution >= 0.6 is 0 Å². The average molecular weight is 1790 g/mol. The van der Waals surface area contributed by atoms with Gasteiger partial charge in [-0.15, -0.1) is 0 Å². The lowest BCUT2D eigenvalue weighted by Gasteiger charge is -2.13. The monoisotopic (exact) mass is 1780 g/mol. The summed E-state index contributed by atoms with van der Waals surface area (Å²) in [5.41, 5.74) is 60.4. The van der Waals surface area contributed by atoms with E-state index in [0.29, 0.717) is 0 Å². The minimum Gasteiger partial charge on any atom is -0.290 e. The molecule has 0 N–H and O–H groups in total. The van der Waals surface area contributed by atoms with Gasteiger partial charge in [0.15, 0.2) is 22.6 Å². The van der Waals surface area contributed by atoms with Gasteiger partial charge in [0.25, 0.3) is 0 Å². The SMILES string of the molecule is c1ccc2c(c1)Cc1c-2ccc2c1-c1cc3c(cc1C2)c1cnccc1n1c2cccnc2nc31.c1ccc2c(c1)Cc1c-2ccc2c1Cc1cc3c4cnccc4n4c5cccnc5nc4c3cc1-2.c1ccc2c(c1)Cc1cc3c(cc1-2)-c1cc2c(cc1C3)c1cnccc1n1c3cccnc3nc21.c1ccc2c(c1)Cc1ccc3c(c1-2)-c1cc2c(cc1C3)c1cnccc1n1c3cccnc3nc21. The summed E-state index contributed by atoms with van der Waals surface area (Å²) < 4.78 is 8.97. The summed E-state index contributed by atoms with van der Waals surface area (Å²) >= 11 is 0. The molecule has 0 bridgehead atoms. The van der Waals surface area contributed by atoms with Gasteiger partial charge in [-0.05, 0) is 378 Å². The molecule has 0 aliphatic heterocycles. The number of pyridine rings is 12. The summed E-state index contributed by atoms with van der Waals surface area (Å²) in [6.07, 6.45) is 30.6. The van der Waals surface area contributed by atoms with E-state index in [-0.39, 0.29) is 0 Å². The predicted molar refractivity (Wildman–Crippen MR) is 559 cm³/mol. The highest BCUT2D eigenvalue weighted by Gasteiger charge is 2.36. The molecule has 16 aromatic heterocycles. The summed E-state index contributed by atoms with van der Waals surface area (Å²) in [4.78, 5) is 56.2. The molecule has 8 aliphatic rings. The number of nitrogens with zero attached hydrogens (tertiary/aromatic N) is 16. The molecule has 0 unspecified atom stereocenters. The topological polar surface area (TPSA) is 172 Å². The van der Waals surface area contributed by atoms with Crippen LogP contribution in [-0.4, -0.2) is 77.4 Å². The van der Waals surface area contributed by atoms with Gasteiger partial charge in [-0.2, -0.15) is 0 Å². The lowest BCUT2D eigenvalue weighted by Crippen LogP contribution is -1.94. The zero-order valence-corrected chi connectivity index (χ0v) is 75.1. The first kappa shape index (κ1) is 75.1. The van der Waals surface area contributed by atoms with Crippen molar-refractivity contribution in [3.63, 3.8) is 0 Å². The maximum Gasteiger partial charge on any atom is 0.178 e. The van der Waals surface area contributed by atoms with E-state index in [4.69, 9.17) is 19.9 Å². The van der Waals surface area contributed by atoms with Crippen molar-refractivity contribution in [3.05, 3.63) is 430 Å². The van der Waals surface area contributed by atoms with E-state index in [0.717, 1.165) is 184 Å². The number of fused-ring (bicyclic) bond motifs is 59. The number of hydrogen-bond donors (Lipinski definition) is 0. The molecular weight excluding hydrogens is 1710 g/mol. The van der Waals surface area contributed by atoms with Crippen molar-refractivity contribution in [1.29, 1.82) is 0 Å². The van der Waals surface area contributed by atoms with Crippen molar-refractivity contribution in [3.8, 4) is 89.0 Å². The number of imidazole rings is 4. The van der Waals surface area contributed by atoms with Gasteiger partial charge in [0.2, 0.25) is 0 Å². The molecule has 0 fully saturated rings. The fourth-order valence-electron chi connectivity index (χ4n) is 25.9. The summed E-state index contributed by atoms with van der Waals surface area (Å²) in [6.45, 7) is 0. The van der Waals surface area contributed by atoms with Crippen LogP contribution in [-0.2, 0) is 51.4 Å². The lowest BCUT2D eigenvalue weighted by atomic mass is 9.92. The molecule has 140 heavy (non-hydrogen) atoms. The molecule has 16 heteroatoms. The Balaban J connectivity index is 0.0000000829. The molecule has 0 atom stereocenters. The Labute approximate surface area is 796 Å². The Kier molecular flexibility index (Phi) is 14.9. The molecule has 0 saturated heterocycles. The van der Waals surface area contributed by atoms with Crippen molar-refractivity contribution in [1.82, 2.24) is 77.4 Å². The van der Waals surface area contributed by atoms with E-state index >= 15 is 0 Å². The minimum atomic E-state index is 0.772. The van der Waals surface area contributed by atoms with Crippen molar-refractivity contribution >= 4 is 154 Å². The Hall–Kier alpha value is -18.3. The molecule has 36 rings (SSSR count). The summed E-state index contributed by atoms with van der Waals surface area (Å²) in [6, 6.07) is 97.9. The van der Waals surface area contributed by atoms with E-state index in [1.807, 2.05) is 98.6 Å². The Morgan fingerprint density at radius 1 is 0.164 bits per heavy atom. The standard InChI is InChI=1S/4C31H18N4/c1-2-5-20-17(4-1)13-24-21(20)8-7-18-12-19-14-23-25(15-22(19)29(18)24)31-34-30-28(6-3-10-33-30)35(31)27-9-11-32-16-26(23)27;1-2-5-19-17(4-1)12-23-20(19)7-8-21-22-15-26-25(14-18(22)13-24(21)23)27-16-32-11-9-28(27)35-29-6-3-10-33-30(29)34-31(26)35;1-2-5-21-17(4-1)12-18-7-8-19-13-20-14-23-24(15-22(20)29(19)28(18)21)31-34-30-27(6-3-10-33-30)35(31)26-9-11-32-16-25(23)26;1-2-5-21-17(4-1)10-18-11-19-12-20-13-25-26(15-24(20)23(19)14-22(18)21)31-34-30-29(6-3-8-33-30)35(31)28-7-9-32-16-27(25)28/h3*1-11,14-16H,12-13H2;1-9,11,13-16H,10,12H2. The summed E-state index contributed by atoms with van der Waals surface area (Å²) in [5.74, 6) is 0. The molecule has 0 spiro atoms. The van der Waals surface area contributed by atoms with E-state index in [1.54, 1.807) is 0 Å². The minimum absolute atomic E-state index is 0.772. The number of aromatic nitrogens is 16. The first-order chi connectivity index (χ1) is 69.4. The van der Waals surface area contributed by atoms with E-state index in [1.165, 1.54) is 200 Å². The van der Waals surface area contributed by atoms with Crippen LogP contribution in [0.5, 0.6) is 0 Å². The smallest absolute Gasteiger partial charge is 0.178 e. The normalized spacial score (nSPS) is 13.5. The highest BCUT2D eigenvalue weighted by molar-refractivity contribution is 6.20. The zero-order chi connectivity index (χ0) is 90.7. The Morgan fingerprint density at radius 3 is 0.907 bits per heavy atom. The first-order valence-corrected chi connectivity index (χ1v) is 48.2. The third-order valence-corrected chi connectivity index (χ3v) is 31.8. The third kappa shape index (κ3) is 10.3. The first-order valence-electron chi connectivity index (χ1n) is 48.2. The Morgan fingerprint density at radius 2 is 0.450 bits per heavy atom. The van der Waals surface area contributed by atoms with E-state index in [9.17, 15) is 0 Å². The van der Waals surface area contributed by atoms with Gasteiger partial charge in [-0.1, -0.05) is 140 Å². The maximum absolute atomic E-state index is 5.01. The van der Waals surface area contributed by atoms with Crippen LogP contribution in [0, 0.1) is 0 Å². The second kappa shape index (κ2) is 27.7. The van der Waals surface area contributed by atoms with Crippen LogP contribution in [0.1, 0.15) is 89.0 Å². The van der Waals surface area contributed by atoms with Crippen LogP contribution in [0.2, 0.25) is 0 Å². The largest absolute Gasteiger partial charge is 0.290 e. The van der Waals surface area contributed by atoms with Crippen molar-refractivity contribution in [2.24, 2.45) is 0 Å². The number of rotatable bonds is 0. The molecular formula is C124H72N16. The van der Waals surface area contributed by atoms with Gasteiger partial charge in [0, 0.05) is 117 Å². The van der Waals surface area contributed by atoms with Crippen molar-refractivity contribution < 1.29 is 0 Å². The highest BCUT2D eigenvalue weighted by atomic mass is 15.1. The fraction of sp³-hybridized carbons (Fsp3) is 0.0645. The second-order valence-electron chi connectivity index (χ2n) is 38.8. The van der Waals surface area contributed by atoms with Crippen LogP contribution in [0.4, 0.5) is 0 Å². The molecule has 0 amide bonds. The van der Waals surface area contributed by atoms with Gasteiger partial charge in [-0.3, -0.25) is 37.5 Å². The highest BCUT2D eigenvalue weighted by Crippen LogP contribution is 2.56. The zero-order valence-electron chi connectivity index (χ0n) is 75.1. The van der Waals surface area contributed by atoms with Crippen LogP contribution in [0.25, 0.3) is 243 Å². The Bertz CT molecular complexity index is 10700. The summed E-state index contributed by atoms with van der Waals surface area (Å²) in [5, 5.41) is 14.0. The second-order valence-corrected chi connectivity index (χ2v) is 38.8. The van der Waals surface area contributed by atoms with Gasteiger partial charge in [0.1, 0.15) is 22.6 Å². The molecule has 28 aromatic rings. The van der Waals surface area contributed by atoms with Crippen molar-refractivity contribution in [2.75, 3.05) is 0 Å². The fourth-order valence-corrected chi connectivity index (χ4v) is 25.9. The average Bonchev–Trinajstić information content (AvgIpc) is 1.55. The molecule has 648 valence electrons. The molecule has 16 heterocycles. The van der Waals surface area contributed by atoms with Gasteiger partial charge in [-0.25, -0.2) is 39.9 Å². The number of hydrogen-bond acceptors (Lipinski definition) is 12. The van der Waals surface area contributed by atoms with Crippen LogP contribution in [0.3, 0.4) is 0 Å². The van der Waals surface area contributed by atoms with Crippen molar-refractivity contribution in [2.45, 2.75) is 51.4 Å². The maximum atomic E-state index is 5.01. The van der Waals surface area contributed by atoms with Crippen LogP contribution < -0.4 is 0 Å². The molecule has 16 nitrogen and oxygen atoms in total. The quantitative estimate of drug-likeness (QED) is 0.132. The lowest BCUT2D eigenvalue weighted by molar-refractivity contribution is 1.16. The van der Waals surface area contributed by atoms with Gasteiger partial charge in [0.05, 0.1) is 44.1 Å². The van der Waals surface area contributed by atoms with Crippen LogP contribution in [0.15, 0.2) is 341 Å². The molecule has 0 radical (unpaired) electrons. The molecule has 0 saturated carbocycles. The van der Waals surface area contributed by atoms with E-state index in [2.05, 4.69) is 300 Å². The molecule has 12 aromatic carbocycles. The van der Waals surface area contributed by atoms with Gasteiger partial charge < -0.3 is 0 Å².